The lowest BCUT2D eigenvalue weighted by molar-refractivity contribution is -0.138. The molecular formula is C12H12F3NO2S. The minimum atomic E-state index is -4.28. The molecule has 1 aliphatic heterocycles. The van der Waals surface area contributed by atoms with Gasteiger partial charge in [-0.2, -0.15) is 13.2 Å². The Balaban J connectivity index is 2.09. The number of halogens is 3. The predicted molar refractivity (Wildman–Crippen MR) is 67.4 cm³/mol. The fraction of sp³-hybridized carbons (Fsp3) is 0.417. The van der Waals surface area contributed by atoms with Gasteiger partial charge in [0, 0.05) is 24.4 Å². The van der Waals surface area contributed by atoms with E-state index < -0.39 is 17.5 Å². The number of anilines is 1. The highest BCUT2D eigenvalue weighted by molar-refractivity contribution is 8.00. The van der Waals surface area contributed by atoms with Crippen molar-refractivity contribution < 1.29 is 23.1 Å². The van der Waals surface area contributed by atoms with Gasteiger partial charge in [0.1, 0.15) is 6.04 Å². The highest BCUT2D eigenvalue weighted by atomic mass is 32.2. The largest absolute Gasteiger partial charge is 0.480 e. The van der Waals surface area contributed by atoms with Crippen LogP contribution in [0, 0.1) is 0 Å². The third kappa shape index (κ3) is 3.34. The Morgan fingerprint density at radius 3 is 2.74 bits per heavy atom. The second-order valence-electron chi connectivity index (χ2n) is 4.17. The summed E-state index contributed by atoms with van der Waals surface area (Å²) in [6.07, 6.45) is 0.336. The van der Waals surface area contributed by atoms with Crippen molar-refractivity contribution in [2.75, 3.05) is 17.2 Å². The maximum absolute atomic E-state index is 12.1. The number of para-hydroxylation sites is 1. The van der Waals surface area contributed by atoms with E-state index in [0.717, 1.165) is 11.3 Å². The van der Waals surface area contributed by atoms with Gasteiger partial charge in [0.05, 0.1) is 0 Å². The number of benzene rings is 1. The molecule has 19 heavy (non-hydrogen) atoms. The first-order valence-corrected chi connectivity index (χ1v) is 6.65. The zero-order valence-electron chi connectivity index (χ0n) is 9.85. The lowest BCUT2D eigenvalue weighted by atomic mass is 10.1. The molecule has 0 amide bonds. The van der Waals surface area contributed by atoms with Crippen LogP contribution >= 0.6 is 11.8 Å². The van der Waals surface area contributed by atoms with E-state index in [1.807, 2.05) is 6.07 Å². The third-order valence-corrected chi connectivity index (χ3v) is 3.69. The summed E-state index contributed by atoms with van der Waals surface area (Å²) in [6, 6.07) is 6.34. The number of fused-ring (bicyclic) bond motifs is 1. The van der Waals surface area contributed by atoms with Crippen molar-refractivity contribution in [2.45, 2.75) is 18.0 Å². The first-order chi connectivity index (χ1) is 8.88. The highest BCUT2D eigenvalue weighted by Gasteiger charge is 2.35. The van der Waals surface area contributed by atoms with Crippen LogP contribution in [-0.4, -0.2) is 34.9 Å². The molecule has 1 heterocycles. The van der Waals surface area contributed by atoms with E-state index in [-0.39, 0.29) is 24.1 Å². The van der Waals surface area contributed by atoms with E-state index in [1.165, 1.54) is 4.90 Å². The van der Waals surface area contributed by atoms with E-state index in [4.69, 9.17) is 5.11 Å². The van der Waals surface area contributed by atoms with Crippen LogP contribution in [0.2, 0.25) is 0 Å². The van der Waals surface area contributed by atoms with E-state index in [0.29, 0.717) is 6.42 Å². The number of hydrogen-bond acceptors (Lipinski definition) is 3. The average molecular weight is 291 g/mol. The number of aliphatic carboxylic acids is 1. The Kier molecular flexibility index (Phi) is 3.93. The van der Waals surface area contributed by atoms with Crippen LogP contribution in [0.1, 0.15) is 5.56 Å². The number of carboxylic acids is 1. The minimum absolute atomic E-state index is 0.0676. The highest BCUT2D eigenvalue weighted by Crippen LogP contribution is 2.34. The molecule has 0 spiro atoms. The molecule has 1 aromatic carbocycles. The SMILES string of the molecule is O=C(O)C1Cc2ccccc2N1CCSC(F)(F)F. The van der Waals surface area contributed by atoms with Crippen molar-refractivity contribution in [1.29, 1.82) is 0 Å². The summed E-state index contributed by atoms with van der Waals surface area (Å²) in [7, 11) is 0. The molecule has 1 atom stereocenters. The number of alkyl halides is 3. The second kappa shape index (κ2) is 5.32. The molecule has 1 aliphatic rings. The fourth-order valence-electron chi connectivity index (χ4n) is 2.21. The summed E-state index contributed by atoms with van der Waals surface area (Å²) in [5.74, 6) is -1.19. The molecule has 0 fully saturated rings. The van der Waals surface area contributed by atoms with Crippen LogP contribution < -0.4 is 4.90 Å². The molecule has 0 saturated heterocycles. The monoisotopic (exact) mass is 291 g/mol. The van der Waals surface area contributed by atoms with Gasteiger partial charge >= 0.3 is 11.5 Å². The van der Waals surface area contributed by atoms with Crippen molar-refractivity contribution in [3.8, 4) is 0 Å². The second-order valence-corrected chi connectivity index (χ2v) is 5.33. The first kappa shape index (κ1) is 14.0. The summed E-state index contributed by atoms with van der Waals surface area (Å²) in [5, 5.41) is 9.14. The van der Waals surface area contributed by atoms with E-state index in [1.54, 1.807) is 18.2 Å². The van der Waals surface area contributed by atoms with Gasteiger partial charge in [-0.3, -0.25) is 0 Å². The Labute approximate surface area is 112 Å². The van der Waals surface area contributed by atoms with Crippen molar-refractivity contribution in [3.63, 3.8) is 0 Å². The molecule has 7 heteroatoms. The van der Waals surface area contributed by atoms with Crippen molar-refractivity contribution in [2.24, 2.45) is 0 Å². The molecule has 3 nitrogen and oxygen atoms in total. The normalized spacial score (nSPS) is 18.5. The van der Waals surface area contributed by atoms with Crippen LogP contribution in [0.4, 0.5) is 18.9 Å². The van der Waals surface area contributed by atoms with Crippen LogP contribution in [0.5, 0.6) is 0 Å². The zero-order chi connectivity index (χ0) is 14.0. The Morgan fingerprint density at radius 2 is 2.11 bits per heavy atom. The molecule has 1 aromatic rings. The number of rotatable bonds is 4. The van der Waals surface area contributed by atoms with Gasteiger partial charge in [0.15, 0.2) is 0 Å². The summed E-state index contributed by atoms with van der Waals surface area (Å²) in [5.41, 5.74) is -2.69. The van der Waals surface area contributed by atoms with E-state index in [2.05, 4.69) is 0 Å². The van der Waals surface area contributed by atoms with Gasteiger partial charge in [0.2, 0.25) is 0 Å². The maximum Gasteiger partial charge on any atom is 0.441 e. The average Bonchev–Trinajstić information content (AvgIpc) is 2.67. The predicted octanol–water partition coefficient (Wildman–Crippen LogP) is 2.76. The molecule has 0 radical (unpaired) electrons. The lowest BCUT2D eigenvalue weighted by Gasteiger charge is -2.24. The van der Waals surface area contributed by atoms with E-state index in [9.17, 15) is 18.0 Å². The summed E-state index contributed by atoms with van der Waals surface area (Å²) < 4.78 is 36.3. The van der Waals surface area contributed by atoms with Gasteiger partial charge in [-0.25, -0.2) is 4.79 Å². The number of hydrogen-bond donors (Lipinski definition) is 1. The van der Waals surface area contributed by atoms with Crippen molar-refractivity contribution in [1.82, 2.24) is 0 Å². The number of carboxylic acid groups (broad SMARTS) is 1. The Hall–Kier alpha value is -1.37. The number of nitrogens with zero attached hydrogens (tertiary/aromatic N) is 1. The van der Waals surface area contributed by atoms with Crippen LogP contribution in [0.25, 0.3) is 0 Å². The van der Waals surface area contributed by atoms with Crippen LogP contribution in [0.3, 0.4) is 0 Å². The number of carbonyl (C=O) groups is 1. The molecule has 0 aromatic heterocycles. The molecule has 2 rings (SSSR count). The molecule has 0 aliphatic carbocycles. The fourth-order valence-corrected chi connectivity index (χ4v) is 2.73. The zero-order valence-corrected chi connectivity index (χ0v) is 10.7. The van der Waals surface area contributed by atoms with Gasteiger partial charge < -0.3 is 10.0 Å². The van der Waals surface area contributed by atoms with Gasteiger partial charge in [-0.15, -0.1) is 0 Å². The molecule has 0 saturated carbocycles. The molecule has 104 valence electrons. The molecule has 1 N–H and O–H groups in total. The lowest BCUT2D eigenvalue weighted by Crippen LogP contribution is -2.40. The molecule has 1 unspecified atom stereocenters. The molecular weight excluding hydrogens is 279 g/mol. The van der Waals surface area contributed by atoms with Crippen molar-refractivity contribution >= 4 is 23.4 Å². The summed E-state index contributed by atoms with van der Waals surface area (Å²) in [6.45, 7) is 0.0676. The molecule has 0 bridgehead atoms. The summed E-state index contributed by atoms with van der Waals surface area (Å²) >= 11 is -0.126. The smallest absolute Gasteiger partial charge is 0.441 e. The summed E-state index contributed by atoms with van der Waals surface area (Å²) in [4.78, 5) is 12.7. The van der Waals surface area contributed by atoms with Crippen LogP contribution in [-0.2, 0) is 11.2 Å². The maximum atomic E-state index is 12.1. The Bertz CT molecular complexity index is 478. The first-order valence-electron chi connectivity index (χ1n) is 5.66. The number of thioether (sulfide) groups is 1. The minimum Gasteiger partial charge on any atom is -0.480 e. The van der Waals surface area contributed by atoms with Crippen LogP contribution in [0.15, 0.2) is 24.3 Å². The standard InChI is InChI=1S/C12H12F3NO2S/c13-12(14,15)19-6-5-16-9-4-2-1-3-8(9)7-10(16)11(17)18/h1-4,10H,5-7H2,(H,17,18). The quantitative estimate of drug-likeness (QED) is 0.926. The third-order valence-electron chi connectivity index (χ3n) is 2.97. The topological polar surface area (TPSA) is 40.5 Å². The van der Waals surface area contributed by atoms with Gasteiger partial charge in [-0.1, -0.05) is 18.2 Å². The van der Waals surface area contributed by atoms with Gasteiger partial charge in [-0.05, 0) is 23.4 Å². The van der Waals surface area contributed by atoms with Crippen molar-refractivity contribution in [3.05, 3.63) is 29.8 Å². The Morgan fingerprint density at radius 1 is 1.42 bits per heavy atom. The van der Waals surface area contributed by atoms with E-state index >= 15 is 0 Å². The van der Waals surface area contributed by atoms with Gasteiger partial charge in [0.25, 0.3) is 0 Å².